The number of carbonyl (C=O) groups is 2. The summed E-state index contributed by atoms with van der Waals surface area (Å²) in [6, 6.07) is 0.533. The molecule has 39 heavy (non-hydrogen) atoms. The highest BCUT2D eigenvalue weighted by Crippen LogP contribution is 2.41. The van der Waals surface area contributed by atoms with Gasteiger partial charge in [0.15, 0.2) is 0 Å². The van der Waals surface area contributed by atoms with Gasteiger partial charge in [0.05, 0.1) is 6.10 Å². The van der Waals surface area contributed by atoms with E-state index in [-0.39, 0.29) is 17.9 Å². The third-order valence-electron chi connectivity index (χ3n) is 10.1. The molecule has 1 unspecified atom stereocenters. The monoisotopic (exact) mass is 557 g/mol. The fourth-order valence-corrected chi connectivity index (χ4v) is 7.99. The molecule has 2 amide bonds. The number of hydrogen-bond acceptors (Lipinski definition) is 4. The van der Waals surface area contributed by atoms with Gasteiger partial charge in [-0.2, -0.15) is 0 Å². The number of amides is 2. The third kappa shape index (κ3) is 8.34. The Morgan fingerprint density at radius 2 is 1.46 bits per heavy atom. The Morgan fingerprint density at radius 1 is 0.846 bits per heavy atom. The number of piperazine rings is 1. The number of rotatable bonds is 7. The summed E-state index contributed by atoms with van der Waals surface area (Å²) in [5.74, 6) is 2.01. The molecule has 2 saturated heterocycles. The van der Waals surface area contributed by atoms with Gasteiger partial charge < -0.3 is 9.80 Å². The molecule has 224 valence electrons. The lowest BCUT2D eigenvalue weighted by molar-refractivity contribution is -0.346. The molecule has 4 fully saturated rings. The number of hydrogen-bond donors (Lipinski definition) is 0. The van der Waals surface area contributed by atoms with Crippen LogP contribution in [-0.4, -0.2) is 83.8 Å². The van der Waals surface area contributed by atoms with Crippen molar-refractivity contribution < 1.29 is 27.5 Å². The van der Waals surface area contributed by atoms with Crippen molar-refractivity contribution in [3.8, 4) is 0 Å². The van der Waals surface area contributed by atoms with Gasteiger partial charge >= 0.3 is 6.36 Å². The number of carbonyl (C=O) groups excluding carboxylic acids is 2. The number of ether oxygens (including phenoxy) is 1. The Hall–Kier alpha value is -1.35. The largest absolute Gasteiger partial charge is 0.522 e. The van der Waals surface area contributed by atoms with E-state index in [0.717, 1.165) is 58.4 Å². The lowest BCUT2D eigenvalue weighted by Crippen LogP contribution is -2.62. The van der Waals surface area contributed by atoms with Gasteiger partial charge in [0.1, 0.15) is 0 Å². The highest BCUT2D eigenvalue weighted by Gasteiger charge is 2.43. The Morgan fingerprint density at radius 3 is 2.03 bits per heavy atom. The maximum atomic E-state index is 13.5. The summed E-state index contributed by atoms with van der Waals surface area (Å²) >= 11 is 0. The fourth-order valence-electron chi connectivity index (χ4n) is 7.99. The van der Waals surface area contributed by atoms with Crippen molar-refractivity contribution in [1.29, 1.82) is 0 Å². The Labute approximate surface area is 233 Å². The molecule has 2 atom stereocenters. The van der Waals surface area contributed by atoms with Crippen LogP contribution in [0.4, 0.5) is 13.2 Å². The fraction of sp³-hybridized carbons (Fsp3) is 0.933. The van der Waals surface area contributed by atoms with Crippen LogP contribution in [0, 0.1) is 23.7 Å². The first kappa shape index (κ1) is 30.6. The predicted molar refractivity (Wildman–Crippen MR) is 145 cm³/mol. The van der Waals surface area contributed by atoms with Gasteiger partial charge in [-0.25, -0.2) is 0 Å². The first-order chi connectivity index (χ1) is 18.5. The summed E-state index contributed by atoms with van der Waals surface area (Å²) in [6.07, 6.45) is 5.74. The van der Waals surface area contributed by atoms with Gasteiger partial charge in [0.25, 0.3) is 0 Å². The summed E-state index contributed by atoms with van der Waals surface area (Å²) < 4.78 is 42.8. The molecule has 9 heteroatoms. The number of alkyl halides is 3. The summed E-state index contributed by atoms with van der Waals surface area (Å²) in [4.78, 5) is 31.9. The van der Waals surface area contributed by atoms with Crippen LogP contribution in [0.3, 0.4) is 0 Å². The van der Waals surface area contributed by atoms with E-state index in [0.29, 0.717) is 49.0 Å². The lowest BCUT2D eigenvalue weighted by atomic mass is 9.72. The molecule has 2 aliphatic carbocycles. The first-order valence-electron chi connectivity index (χ1n) is 15.6. The molecular weight excluding hydrogens is 507 g/mol. The highest BCUT2D eigenvalue weighted by atomic mass is 19.4. The van der Waals surface area contributed by atoms with Crippen molar-refractivity contribution in [3.63, 3.8) is 0 Å². The van der Waals surface area contributed by atoms with E-state index >= 15 is 0 Å². The first-order valence-corrected chi connectivity index (χ1v) is 15.6. The maximum Gasteiger partial charge on any atom is 0.522 e. The molecule has 0 aromatic rings. The Kier molecular flexibility index (Phi) is 10.6. The van der Waals surface area contributed by atoms with Crippen LogP contribution in [0.1, 0.15) is 97.8 Å². The standard InChI is InChI=1S/C30H50F3N3O3/c1-21(2)27-20-35(17-18-36(27)28(38)19-23-13-15-34(16-14-23)22(3)37)29(24-7-5-4-6-8-24)25-9-11-26(12-10-25)39-30(31,32)33/h21,23-27,29H,4-20H2,1-3H3/t25?,26?,27-,29?/m1/s1. The minimum atomic E-state index is -4.56. The van der Waals surface area contributed by atoms with Gasteiger partial charge in [-0.3, -0.25) is 19.2 Å². The summed E-state index contributed by atoms with van der Waals surface area (Å²) in [6.45, 7) is 9.93. The van der Waals surface area contributed by atoms with Crippen molar-refractivity contribution in [2.24, 2.45) is 23.7 Å². The lowest BCUT2D eigenvalue weighted by Gasteiger charge is -2.51. The number of likely N-dealkylation sites (tertiary alicyclic amines) is 1. The smallest absolute Gasteiger partial charge is 0.343 e. The molecule has 6 nitrogen and oxygen atoms in total. The van der Waals surface area contributed by atoms with Crippen LogP contribution < -0.4 is 0 Å². The quantitative estimate of drug-likeness (QED) is 0.394. The maximum absolute atomic E-state index is 13.5. The van der Waals surface area contributed by atoms with Crippen molar-refractivity contribution >= 4 is 11.8 Å². The molecule has 0 radical (unpaired) electrons. The van der Waals surface area contributed by atoms with Gasteiger partial charge in [-0.15, -0.1) is 13.2 Å². The zero-order chi connectivity index (χ0) is 28.2. The predicted octanol–water partition coefficient (Wildman–Crippen LogP) is 5.85. The molecule has 4 aliphatic rings. The van der Waals surface area contributed by atoms with Crippen molar-refractivity contribution in [2.75, 3.05) is 32.7 Å². The summed E-state index contributed by atoms with van der Waals surface area (Å²) in [5.41, 5.74) is 0. The molecule has 2 saturated carbocycles. The zero-order valence-corrected chi connectivity index (χ0v) is 24.3. The van der Waals surface area contributed by atoms with Crippen molar-refractivity contribution in [1.82, 2.24) is 14.7 Å². The van der Waals surface area contributed by atoms with Crippen LogP contribution in [0.15, 0.2) is 0 Å². The van der Waals surface area contributed by atoms with E-state index in [4.69, 9.17) is 0 Å². The summed E-state index contributed by atoms with van der Waals surface area (Å²) in [7, 11) is 0. The van der Waals surface area contributed by atoms with Crippen molar-refractivity contribution in [2.45, 2.75) is 122 Å². The second-order valence-electron chi connectivity index (χ2n) is 13.0. The third-order valence-corrected chi connectivity index (χ3v) is 10.1. The topological polar surface area (TPSA) is 53.1 Å². The van der Waals surface area contributed by atoms with Gasteiger partial charge in [-0.1, -0.05) is 33.1 Å². The van der Waals surface area contributed by atoms with Crippen molar-refractivity contribution in [3.05, 3.63) is 0 Å². The van der Waals surface area contributed by atoms with E-state index in [1.807, 2.05) is 4.90 Å². The number of halogens is 3. The minimum absolute atomic E-state index is 0.115. The number of piperidine rings is 1. The second kappa shape index (κ2) is 13.5. The van der Waals surface area contributed by atoms with E-state index in [1.54, 1.807) is 6.92 Å². The molecule has 0 N–H and O–H groups in total. The van der Waals surface area contributed by atoms with E-state index < -0.39 is 12.5 Å². The second-order valence-corrected chi connectivity index (χ2v) is 13.0. The Bertz CT molecular complexity index is 801. The molecule has 0 aromatic heterocycles. The van der Waals surface area contributed by atoms with E-state index in [2.05, 4.69) is 28.4 Å². The zero-order valence-electron chi connectivity index (χ0n) is 24.3. The molecular formula is C30H50F3N3O3. The molecule has 0 bridgehead atoms. The number of nitrogens with zero attached hydrogens (tertiary/aromatic N) is 3. The normalized spacial score (nSPS) is 29.6. The molecule has 2 aliphatic heterocycles. The Balaban J connectivity index is 1.39. The van der Waals surface area contributed by atoms with Crippen LogP contribution in [0.2, 0.25) is 0 Å². The van der Waals surface area contributed by atoms with E-state index in [1.165, 1.54) is 32.1 Å². The van der Waals surface area contributed by atoms with Gasteiger partial charge in [0.2, 0.25) is 11.8 Å². The molecule has 2 heterocycles. The minimum Gasteiger partial charge on any atom is -0.343 e. The molecule has 0 spiro atoms. The van der Waals surface area contributed by atoms with Gasteiger partial charge in [0, 0.05) is 58.2 Å². The molecule has 0 aromatic carbocycles. The SMILES string of the molecule is CC(=O)N1CCC(CC(=O)N2CCN(C(C3CCCCC3)C3CCC(OC(F)(F)F)CC3)C[C@@H]2C(C)C)CC1. The molecule has 4 rings (SSSR count). The average Bonchev–Trinajstić information content (AvgIpc) is 2.90. The van der Waals surface area contributed by atoms with Gasteiger partial charge in [-0.05, 0) is 75.0 Å². The van der Waals surface area contributed by atoms with Crippen LogP contribution in [0.5, 0.6) is 0 Å². The highest BCUT2D eigenvalue weighted by molar-refractivity contribution is 5.77. The van der Waals surface area contributed by atoms with Crippen LogP contribution in [-0.2, 0) is 14.3 Å². The van der Waals surface area contributed by atoms with E-state index in [9.17, 15) is 22.8 Å². The summed E-state index contributed by atoms with van der Waals surface area (Å²) in [5, 5.41) is 0. The van der Waals surface area contributed by atoms with Crippen LogP contribution >= 0.6 is 0 Å². The average molecular weight is 558 g/mol. The van der Waals surface area contributed by atoms with Crippen LogP contribution in [0.25, 0.3) is 0 Å².